The van der Waals surface area contributed by atoms with Crippen molar-refractivity contribution in [3.05, 3.63) is 24.0 Å². The molecule has 0 bridgehead atoms. The van der Waals surface area contributed by atoms with Gasteiger partial charge in [-0.2, -0.15) is 0 Å². The van der Waals surface area contributed by atoms with Crippen molar-refractivity contribution >= 4 is 40.4 Å². The fraction of sp³-hybridized carbons (Fsp3) is 0.500. The van der Waals surface area contributed by atoms with E-state index in [0.717, 1.165) is 0 Å². The molecule has 3 N–H and O–H groups in total. The summed E-state index contributed by atoms with van der Waals surface area (Å²) in [5, 5.41) is 2.51. The van der Waals surface area contributed by atoms with Crippen LogP contribution in [0.1, 0.15) is 6.92 Å². The lowest BCUT2D eigenvalue weighted by Crippen LogP contribution is -2.53. The Kier molecular flexibility index (Phi) is 5.97. The topological polar surface area (TPSA) is 106 Å². The zero-order chi connectivity index (χ0) is 21.3. The minimum absolute atomic E-state index is 0.108. The number of amides is 3. The highest BCUT2D eigenvalue weighted by atomic mass is 32.2. The van der Waals surface area contributed by atoms with Gasteiger partial charge < -0.3 is 15.0 Å². The molecule has 3 heterocycles. The second-order valence-electron chi connectivity index (χ2n) is 7.24. The van der Waals surface area contributed by atoms with Gasteiger partial charge in [0, 0.05) is 33.1 Å². The average molecular weight is 438 g/mol. The molecule has 162 valence electrons. The number of carbonyl (C=O) groups excluding carboxylic acids is 3. The van der Waals surface area contributed by atoms with Crippen molar-refractivity contribution < 1.29 is 23.5 Å². The van der Waals surface area contributed by atoms with E-state index in [9.17, 15) is 18.8 Å². The van der Waals surface area contributed by atoms with Crippen LogP contribution in [0.25, 0.3) is 0 Å². The number of hydrogen-bond donors (Lipinski definition) is 3. The lowest BCUT2D eigenvalue weighted by atomic mass is 10.2. The first-order chi connectivity index (χ1) is 14.4. The van der Waals surface area contributed by atoms with Crippen molar-refractivity contribution in [1.82, 2.24) is 21.1 Å². The van der Waals surface area contributed by atoms with Crippen molar-refractivity contribution in [2.75, 3.05) is 49.1 Å². The molecule has 2 atom stereocenters. The molecule has 0 radical (unpaired) electrons. The van der Waals surface area contributed by atoms with E-state index in [1.54, 1.807) is 12.1 Å². The van der Waals surface area contributed by atoms with Gasteiger partial charge >= 0.3 is 6.09 Å². The Balaban J connectivity index is 1.36. The number of nitrogens with one attached hydrogen (secondary N) is 3. The molecule has 2 unspecified atom stereocenters. The number of thioether (sulfide) groups is 1. The van der Waals surface area contributed by atoms with E-state index < -0.39 is 18.0 Å². The number of nitrogens with zero attached hydrogens (tertiary/aromatic N) is 3. The standard InChI is InChI=1S/C18H23FN6O4S/c1-11(26)20-9-13-10-25(18(28)29-13)12-2-3-15(14(19)8-12)23-4-6-24(7-5-23)16-21-22-17(27)30-16/h2-3,8,13,16,21H,4-7,9-10H2,1H3,(H,20,26)(H,22,27). The molecule has 1 aromatic carbocycles. The predicted molar refractivity (Wildman–Crippen MR) is 110 cm³/mol. The maximum atomic E-state index is 14.9. The summed E-state index contributed by atoms with van der Waals surface area (Å²) < 4.78 is 20.1. The number of rotatable bonds is 5. The van der Waals surface area contributed by atoms with Crippen LogP contribution >= 0.6 is 11.8 Å². The molecule has 10 nitrogen and oxygen atoms in total. The molecule has 12 heteroatoms. The molecule has 0 aliphatic carbocycles. The van der Waals surface area contributed by atoms with Crippen LogP contribution in [0.15, 0.2) is 18.2 Å². The first-order valence-electron chi connectivity index (χ1n) is 9.64. The van der Waals surface area contributed by atoms with E-state index in [4.69, 9.17) is 4.74 Å². The van der Waals surface area contributed by atoms with Gasteiger partial charge in [0.2, 0.25) is 5.91 Å². The van der Waals surface area contributed by atoms with E-state index in [2.05, 4.69) is 21.1 Å². The first-order valence-corrected chi connectivity index (χ1v) is 10.5. The molecule has 3 saturated heterocycles. The van der Waals surface area contributed by atoms with Crippen LogP contribution in [-0.4, -0.2) is 73.0 Å². The Morgan fingerprint density at radius 2 is 2.07 bits per heavy atom. The van der Waals surface area contributed by atoms with Crippen molar-refractivity contribution in [2.24, 2.45) is 0 Å². The van der Waals surface area contributed by atoms with Crippen molar-refractivity contribution in [2.45, 2.75) is 18.5 Å². The molecular weight excluding hydrogens is 415 g/mol. The molecule has 1 aromatic rings. The maximum Gasteiger partial charge on any atom is 0.414 e. The summed E-state index contributed by atoms with van der Waals surface area (Å²) in [5.41, 5.74) is 6.27. The number of halogens is 1. The fourth-order valence-corrected chi connectivity index (χ4v) is 4.46. The highest BCUT2D eigenvalue weighted by Gasteiger charge is 2.34. The van der Waals surface area contributed by atoms with Crippen LogP contribution in [0.3, 0.4) is 0 Å². The second kappa shape index (κ2) is 8.66. The van der Waals surface area contributed by atoms with Crippen molar-refractivity contribution in [1.29, 1.82) is 0 Å². The van der Waals surface area contributed by atoms with Crippen LogP contribution in [0.5, 0.6) is 0 Å². The molecule has 4 rings (SSSR count). The summed E-state index contributed by atoms with van der Waals surface area (Å²) in [5.74, 6) is -0.616. The molecule has 3 aliphatic rings. The van der Waals surface area contributed by atoms with Crippen LogP contribution in [0.2, 0.25) is 0 Å². The van der Waals surface area contributed by atoms with E-state index in [0.29, 0.717) is 37.6 Å². The average Bonchev–Trinajstić information content (AvgIpc) is 3.32. The van der Waals surface area contributed by atoms with Crippen LogP contribution in [-0.2, 0) is 9.53 Å². The molecule has 0 saturated carbocycles. The Hall–Kier alpha value is -2.57. The molecule has 3 fully saturated rings. The van der Waals surface area contributed by atoms with E-state index in [1.165, 1.54) is 29.7 Å². The smallest absolute Gasteiger partial charge is 0.414 e. The highest BCUT2D eigenvalue weighted by molar-refractivity contribution is 8.14. The summed E-state index contributed by atoms with van der Waals surface area (Å²) in [6.07, 6.45) is -1.03. The largest absolute Gasteiger partial charge is 0.442 e. The summed E-state index contributed by atoms with van der Waals surface area (Å²) in [7, 11) is 0. The van der Waals surface area contributed by atoms with E-state index in [-0.39, 0.29) is 29.7 Å². The van der Waals surface area contributed by atoms with Crippen molar-refractivity contribution in [3.63, 3.8) is 0 Å². The van der Waals surface area contributed by atoms with E-state index in [1.807, 2.05) is 4.90 Å². The SMILES string of the molecule is CC(=O)NCC1CN(c2ccc(N3CCN(C4NNC(=O)S4)CC3)c(F)c2)C(=O)O1. The summed E-state index contributed by atoms with van der Waals surface area (Å²) in [6.45, 7) is 4.46. The molecular formula is C18H23FN6O4S. The number of hydrazine groups is 1. The second-order valence-corrected chi connectivity index (χ2v) is 8.29. The van der Waals surface area contributed by atoms with Gasteiger partial charge in [-0.1, -0.05) is 0 Å². The fourth-order valence-electron chi connectivity index (χ4n) is 3.66. The molecule has 30 heavy (non-hydrogen) atoms. The molecule has 0 spiro atoms. The summed E-state index contributed by atoms with van der Waals surface area (Å²) >= 11 is 1.19. The first kappa shape index (κ1) is 20.7. The zero-order valence-electron chi connectivity index (χ0n) is 16.4. The van der Waals surface area contributed by atoms with Crippen molar-refractivity contribution in [3.8, 4) is 0 Å². The monoisotopic (exact) mass is 438 g/mol. The third-order valence-corrected chi connectivity index (χ3v) is 6.15. The number of cyclic esters (lactones) is 1. The minimum Gasteiger partial charge on any atom is -0.442 e. The van der Waals surface area contributed by atoms with Gasteiger partial charge in [-0.25, -0.2) is 14.6 Å². The van der Waals surface area contributed by atoms with Gasteiger partial charge in [-0.3, -0.25) is 24.8 Å². The maximum absolute atomic E-state index is 14.9. The van der Waals surface area contributed by atoms with Crippen LogP contribution in [0.4, 0.5) is 25.4 Å². The number of ether oxygens (including phenoxy) is 1. The Morgan fingerprint density at radius 3 is 2.70 bits per heavy atom. The third kappa shape index (κ3) is 4.45. The third-order valence-electron chi connectivity index (χ3n) is 5.20. The molecule has 3 amide bonds. The highest BCUT2D eigenvalue weighted by Crippen LogP contribution is 2.29. The lowest BCUT2D eigenvalue weighted by Gasteiger charge is -2.38. The predicted octanol–water partition coefficient (Wildman–Crippen LogP) is 0.654. The summed E-state index contributed by atoms with van der Waals surface area (Å²) in [4.78, 5) is 39.9. The summed E-state index contributed by atoms with van der Waals surface area (Å²) in [6, 6.07) is 4.70. The number of benzene rings is 1. The van der Waals surface area contributed by atoms with E-state index >= 15 is 0 Å². The minimum atomic E-state index is -0.559. The zero-order valence-corrected chi connectivity index (χ0v) is 17.2. The Morgan fingerprint density at radius 1 is 1.30 bits per heavy atom. The van der Waals surface area contributed by atoms with Gasteiger partial charge in [-0.15, -0.1) is 0 Å². The Bertz CT molecular complexity index is 850. The normalized spacial score (nSPS) is 24.7. The van der Waals surface area contributed by atoms with Gasteiger partial charge in [-0.05, 0) is 30.0 Å². The van der Waals surface area contributed by atoms with Gasteiger partial charge in [0.25, 0.3) is 5.24 Å². The number of hydrogen-bond acceptors (Lipinski definition) is 8. The van der Waals surface area contributed by atoms with Gasteiger partial charge in [0.15, 0.2) is 0 Å². The number of piperazine rings is 1. The van der Waals surface area contributed by atoms with Crippen LogP contribution < -0.4 is 26.0 Å². The number of anilines is 2. The molecule has 3 aliphatic heterocycles. The van der Waals surface area contributed by atoms with Crippen LogP contribution in [0, 0.1) is 5.82 Å². The van der Waals surface area contributed by atoms with Gasteiger partial charge in [0.05, 0.1) is 24.5 Å². The lowest BCUT2D eigenvalue weighted by molar-refractivity contribution is -0.119. The number of carbonyl (C=O) groups is 3. The molecule has 0 aromatic heterocycles. The van der Waals surface area contributed by atoms with Gasteiger partial charge in [0.1, 0.15) is 17.4 Å². The quantitative estimate of drug-likeness (QED) is 0.616. The Labute approximate surface area is 177 Å².